The molecular weight excluding hydrogens is 474 g/mol. The minimum Gasteiger partial charge on any atom is -0.494 e. The lowest BCUT2D eigenvalue weighted by Crippen LogP contribution is -2.25. The van der Waals surface area contributed by atoms with E-state index in [0.717, 1.165) is 22.8 Å². The van der Waals surface area contributed by atoms with Crippen LogP contribution in [0.5, 0.6) is 11.5 Å². The van der Waals surface area contributed by atoms with Gasteiger partial charge in [-0.3, -0.25) is 9.59 Å². The number of esters is 1. The van der Waals surface area contributed by atoms with E-state index in [-0.39, 0.29) is 23.7 Å². The lowest BCUT2D eigenvalue weighted by atomic mass is 10.1. The van der Waals surface area contributed by atoms with Gasteiger partial charge in [-0.05, 0) is 80.9 Å². The first-order valence-corrected chi connectivity index (χ1v) is 11.6. The molecule has 1 aliphatic heterocycles. The number of rotatable bonds is 8. The standard InChI is InChI=1S/C28H25N3O6/c1-4-35-23-8-6-22(7-9-23)31-17(2)11-20(18(31)3)12-21(14-29)28(34)37-15-25(32)19-5-10-26-24(13-19)30-27(33)16-36-26/h5-13H,4,15-16H2,1-3H3,(H,30,33)/b21-12+. The van der Waals surface area contributed by atoms with E-state index in [4.69, 9.17) is 14.2 Å². The monoisotopic (exact) mass is 499 g/mol. The molecule has 0 bridgehead atoms. The number of aryl methyl sites for hydroxylation is 1. The van der Waals surface area contributed by atoms with Crippen LogP contribution in [-0.2, 0) is 14.3 Å². The second-order valence-corrected chi connectivity index (χ2v) is 8.31. The minimum atomic E-state index is -0.906. The van der Waals surface area contributed by atoms with E-state index in [1.807, 2.05) is 61.7 Å². The van der Waals surface area contributed by atoms with Gasteiger partial charge < -0.3 is 24.1 Å². The highest BCUT2D eigenvalue weighted by Gasteiger charge is 2.20. The molecule has 0 unspecified atom stereocenters. The van der Waals surface area contributed by atoms with Crippen molar-refractivity contribution in [2.45, 2.75) is 20.8 Å². The van der Waals surface area contributed by atoms with Crippen molar-refractivity contribution in [1.82, 2.24) is 4.57 Å². The molecular formula is C28H25N3O6. The highest BCUT2D eigenvalue weighted by Crippen LogP contribution is 2.29. The predicted molar refractivity (Wildman–Crippen MR) is 136 cm³/mol. The highest BCUT2D eigenvalue weighted by molar-refractivity contribution is 6.03. The van der Waals surface area contributed by atoms with Crippen LogP contribution in [0.3, 0.4) is 0 Å². The van der Waals surface area contributed by atoms with E-state index in [1.54, 1.807) is 6.07 Å². The largest absolute Gasteiger partial charge is 0.494 e. The summed E-state index contributed by atoms with van der Waals surface area (Å²) >= 11 is 0. The van der Waals surface area contributed by atoms with Gasteiger partial charge in [0.15, 0.2) is 19.0 Å². The summed E-state index contributed by atoms with van der Waals surface area (Å²) in [5.41, 5.74) is 3.71. The third kappa shape index (κ3) is 5.54. The first-order chi connectivity index (χ1) is 17.8. The maximum atomic E-state index is 12.6. The van der Waals surface area contributed by atoms with Crippen LogP contribution in [0.15, 0.2) is 54.1 Å². The number of nitrogens with zero attached hydrogens (tertiary/aromatic N) is 2. The fraction of sp³-hybridized carbons (Fsp3) is 0.214. The van der Waals surface area contributed by atoms with Gasteiger partial charge >= 0.3 is 5.97 Å². The number of ketones is 1. The van der Waals surface area contributed by atoms with Gasteiger partial charge in [-0.2, -0.15) is 5.26 Å². The van der Waals surface area contributed by atoms with Crippen molar-refractivity contribution >= 4 is 29.4 Å². The lowest BCUT2D eigenvalue weighted by Gasteiger charge is -2.18. The van der Waals surface area contributed by atoms with E-state index in [0.29, 0.717) is 23.6 Å². The zero-order chi connectivity index (χ0) is 26.5. The Morgan fingerprint density at radius 2 is 1.92 bits per heavy atom. The molecule has 3 aromatic rings. The van der Waals surface area contributed by atoms with Crippen molar-refractivity contribution in [1.29, 1.82) is 5.26 Å². The molecule has 0 saturated carbocycles. The Labute approximate surface area is 213 Å². The number of hydrogen-bond acceptors (Lipinski definition) is 7. The minimum absolute atomic E-state index is 0.0935. The molecule has 0 atom stereocenters. The van der Waals surface area contributed by atoms with Crippen LogP contribution in [0.1, 0.15) is 34.2 Å². The molecule has 1 aliphatic rings. The fourth-order valence-corrected chi connectivity index (χ4v) is 4.03. The summed E-state index contributed by atoms with van der Waals surface area (Å²) in [5, 5.41) is 12.2. The number of carbonyl (C=O) groups excluding carboxylic acids is 3. The molecule has 9 heteroatoms. The third-order valence-electron chi connectivity index (χ3n) is 5.79. The molecule has 9 nitrogen and oxygen atoms in total. The summed E-state index contributed by atoms with van der Waals surface area (Å²) in [6, 6.07) is 15.9. The molecule has 188 valence electrons. The number of ether oxygens (including phenoxy) is 3. The number of Topliss-reactive ketones (excluding diaryl/α,β-unsaturated/α-hetero) is 1. The van der Waals surface area contributed by atoms with Crippen LogP contribution >= 0.6 is 0 Å². The Balaban J connectivity index is 1.47. The van der Waals surface area contributed by atoms with E-state index in [2.05, 4.69) is 5.32 Å². The predicted octanol–water partition coefficient (Wildman–Crippen LogP) is 4.16. The molecule has 1 aromatic heterocycles. The summed E-state index contributed by atoms with van der Waals surface area (Å²) in [7, 11) is 0. The number of benzene rings is 2. The average Bonchev–Trinajstić information content (AvgIpc) is 3.18. The molecule has 37 heavy (non-hydrogen) atoms. The highest BCUT2D eigenvalue weighted by atomic mass is 16.5. The Morgan fingerprint density at radius 3 is 2.62 bits per heavy atom. The zero-order valence-corrected chi connectivity index (χ0v) is 20.7. The second-order valence-electron chi connectivity index (χ2n) is 8.31. The quantitative estimate of drug-likeness (QED) is 0.214. The molecule has 0 radical (unpaired) electrons. The Morgan fingerprint density at radius 1 is 1.16 bits per heavy atom. The summed E-state index contributed by atoms with van der Waals surface area (Å²) in [6.07, 6.45) is 1.45. The van der Waals surface area contributed by atoms with Crippen molar-refractivity contribution in [3.05, 3.63) is 76.6 Å². The Hall–Kier alpha value is -4.84. The third-order valence-corrected chi connectivity index (χ3v) is 5.79. The number of amides is 1. The Kier molecular flexibility index (Phi) is 7.39. The van der Waals surface area contributed by atoms with Crippen LogP contribution in [-0.4, -0.2) is 42.0 Å². The van der Waals surface area contributed by atoms with Crippen LogP contribution in [0.2, 0.25) is 0 Å². The first-order valence-electron chi connectivity index (χ1n) is 11.6. The molecule has 0 aliphatic carbocycles. The fourth-order valence-electron chi connectivity index (χ4n) is 4.03. The number of carbonyl (C=O) groups is 3. The van der Waals surface area contributed by atoms with Crippen molar-refractivity contribution in [3.8, 4) is 23.3 Å². The summed E-state index contributed by atoms with van der Waals surface area (Å²) in [6.45, 7) is 5.66. The van der Waals surface area contributed by atoms with Crippen molar-refractivity contribution in [2.24, 2.45) is 0 Å². The van der Waals surface area contributed by atoms with Crippen molar-refractivity contribution in [3.63, 3.8) is 0 Å². The summed E-state index contributed by atoms with van der Waals surface area (Å²) in [4.78, 5) is 36.7. The molecule has 2 heterocycles. The Bertz CT molecular complexity index is 1440. The number of hydrogen-bond donors (Lipinski definition) is 1. The van der Waals surface area contributed by atoms with Crippen LogP contribution in [0, 0.1) is 25.2 Å². The zero-order valence-electron chi connectivity index (χ0n) is 20.7. The smallest absolute Gasteiger partial charge is 0.349 e. The number of nitrogens with one attached hydrogen (secondary N) is 1. The number of fused-ring (bicyclic) bond motifs is 1. The van der Waals surface area contributed by atoms with Gasteiger partial charge in [0.2, 0.25) is 0 Å². The molecule has 1 N–H and O–H groups in total. The van der Waals surface area contributed by atoms with Gasteiger partial charge in [0.05, 0.1) is 12.3 Å². The van der Waals surface area contributed by atoms with Crippen molar-refractivity contribution in [2.75, 3.05) is 25.1 Å². The van der Waals surface area contributed by atoms with Gasteiger partial charge in [0.25, 0.3) is 5.91 Å². The van der Waals surface area contributed by atoms with Gasteiger partial charge in [-0.15, -0.1) is 0 Å². The SMILES string of the molecule is CCOc1ccc(-n2c(C)cc(/C=C(\C#N)C(=O)OCC(=O)c3ccc4c(c3)NC(=O)CO4)c2C)cc1. The van der Waals surface area contributed by atoms with Crippen LogP contribution in [0.25, 0.3) is 11.8 Å². The van der Waals surface area contributed by atoms with Gasteiger partial charge in [-0.1, -0.05) is 0 Å². The van der Waals surface area contributed by atoms with E-state index >= 15 is 0 Å². The van der Waals surface area contributed by atoms with Gasteiger partial charge in [0, 0.05) is 22.6 Å². The second kappa shape index (κ2) is 10.8. The summed E-state index contributed by atoms with van der Waals surface area (Å²) in [5.74, 6) is -0.496. The van der Waals surface area contributed by atoms with Crippen LogP contribution < -0.4 is 14.8 Å². The first kappa shape index (κ1) is 25.3. The van der Waals surface area contributed by atoms with E-state index in [9.17, 15) is 19.6 Å². The molecule has 0 spiro atoms. The molecule has 4 rings (SSSR count). The van der Waals surface area contributed by atoms with Gasteiger partial charge in [0.1, 0.15) is 23.1 Å². The summed E-state index contributed by atoms with van der Waals surface area (Å²) < 4.78 is 17.9. The molecule has 2 aromatic carbocycles. The van der Waals surface area contributed by atoms with E-state index < -0.39 is 18.4 Å². The number of nitriles is 1. The molecule has 0 saturated heterocycles. The van der Waals surface area contributed by atoms with Crippen LogP contribution in [0.4, 0.5) is 5.69 Å². The topological polar surface area (TPSA) is 120 Å². The average molecular weight is 500 g/mol. The maximum absolute atomic E-state index is 12.6. The number of anilines is 1. The molecule has 1 amide bonds. The maximum Gasteiger partial charge on any atom is 0.349 e. The van der Waals surface area contributed by atoms with Crippen molar-refractivity contribution < 1.29 is 28.6 Å². The van der Waals surface area contributed by atoms with Gasteiger partial charge in [-0.25, -0.2) is 4.79 Å². The molecule has 0 fully saturated rings. The normalized spacial score (nSPS) is 12.6. The number of aromatic nitrogens is 1. The lowest BCUT2D eigenvalue weighted by molar-refractivity contribution is -0.137. The van der Waals surface area contributed by atoms with E-state index in [1.165, 1.54) is 18.2 Å².